The number of phenols is 1. The fourth-order valence-corrected chi connectivity index (χ4v) is 2.66. The molecule has 0 aromatic heterocycles. The maximum Gasteiger partial charge on any atom is 1.00 e. The van der Waals surface area contributed by atoms with E-state index in [2.05, 4.69) is 10.2 Å². The minimum absolute atomic E-state index is 0. The molecule has 0 aliphatic carbocycles. The Morgan fingerprint density at radius 2 is 1.58 bits per heavy atom. The van der Waals surface area contributed by atoms with Crippen LogP contribution in [-0.4, -0.2) is 18.1 Å². The van der Waals surface area contributed by atoms with Gasteiger partial charge in [-0.05, 0) is 35.7 Å². The van der Waals surface area contributed by atoms with Crippen molar-refractivity contribution in [2.45, 2.75) is 4.90 Å². The second-order valence-electron chi connectivity index (χ2n) is 4.83. The Morgan fingerprint density at radius 3 is 2.25 bits per heavy atom. The van der Waals surface area contributed by atoms with Gasteiger partial charge < -0.3 is 5.11 Å². The number of phenolic OH excluding ortho intramolecular Hbond substituents is 1. The van der Waals surface area contributed by atoms with E-state index in [0.29, 0.717) is 16.5 Å². The zero-order chi connectivity index (χ0) is 16.4. The summed E-state index contributed by atoms with van der Waals surface area (Å²) in [5, 5.41) is 19.1. The summed E-state index contributed by atoms with van der Waals surface area (Å²) in [4.78, 5) is -0.221. The average Bonchev–Trinajstić information content (AvgIpc) is 2.53. The third-order valence-corrected chi connectivity index (χ3v) is 4.11. The summed E-state index contributed by atoms with van der Waals surface area (Å²) in [7, 11) is -4.29. The van der Waals surface area contributed by atoms with E-state index in [0.717, 1.165) is 0 Å². The maximum absolute atomic E-state index is 11.2. The fourth-order valence-electron chi connectivity index (χ4n) is 2.15. The van der Waals surface area contributed by atoms with Gasteiger partial charge in [-0.3, -0.25) is 4.55 Å². The molecule has 3 rings (SSSR count). The summed E-state index contributed by atoms with van der Waals surface area (Å²) in [6.07, 6.45) is 0. The van der Waals surface area contributed by atoms with Gasteiger partial charge in [0.25, 0.3) is 10.1 Å². The smallest absolute Gasteiger partial charge is 0.506 e. The summed E-state index contributed by atoms with van der Waals surface area (Å²) in [5.41, 5.74) is 0.853. The summed E-state index contributed by atoms with van der Waals surface area (Å²) in [6.45, 7) is 0. The van der Waals surface area contributed by atoms with Crippen molar-refractivity contribution in [1.82, 2.24) is 0 Å². The molecule has 0 saturated carbocycles. The number of rotatable bonds is 3. The van der Waals surface area contributed by atoms with E-state index in [1.807, 2.05) is 18.2 Å². The standard InChI is InChI=1S/C16H12N2O4S.Na/c19-15-9-6-11-10-13(23(20,21)22)7-8-14(11)16(15)18-17-12-4-2-1-3-5-12;/h1-10,19H,(H,20,21,22);/q;+1. The first-order valence-electron chi connectivity index (χ1n) is 6.65. The van der Waals surface area contributed by atoms with Gasteiger partial charge >= 0.3 is 29.6 Å². The van der Waals surface area contributed by atoms with Crippen LogP contribution >= 0.6 is 0 Å². The molecule has 6 nitrogen and oxygen atoms in total. The van der Waals surface area contributed by atoms with Crippen LogP contribution in [0, 0.1) is 0 Å². The molecule has 0 spiro atoms. The van der Waals surface area contributed by atoms with Gasteiger partial charge in [0.1, 0.15) is 11.4 Å². The van der Waals surface area contributed by atoms with E-state index < -0.39 is 10.1 Å². The zero-order valence-corrected chi connectivity index (χ0v) is 15.6. The summed E-state index contributed by atoms with van der Waals surface area (Å²) < 4.78 is 31.5. The summed E-state index contributed by atoms with van der Waals surface area (Å²) >= 11 is 0. The van der Waals surface area contributed by atoms with Crippen molar-refractivity contribution < 1.29 is 47.6 Å². The third kappa shape index (κ3) is 4.00. The van der Waals surface area contributed by atoms with Gasteiger partial charge in [0, 0.05) is 5.39 Å². The van der Waals surface area contributed by atoms with Crippen LogP contribution in [0.4, 0.5) is 11.4 Å². The normalized spacial score (nSPS) is 11.5. The molecule has 0 saturated heterocycles. The van der Waals surface area contributed by atoms with Crippen molar-refractivity contribution in [3.8, 4) is 5.75 Å². The van der Waals surface area contributed by atoms with E-state index in [-0.39, 0.29) is 45.9 Å². The Kier molecular flexibility index (Phi) is 5.74. The fraction of sp³-hybridized carbons (Fsp3) is 0. The molecule has 0 atom stereocenters. The van der Waals surface area contributed by atoms with Gasteiger partial charge in [0.15, 0.2) is 0 Å². The van der Waals surface area contributed by atoms with Gasteiger partial charge in [-0.25, -0.2) is 0 Å². The number of hydrogen-bond donors (Lipinski definition) is 2. The Labute approximate surface area is 160 Å². The molecule has 0 bridgehead atoms. The monoisotopic (exact) mass is 351 g/mol. The van der Waals surface area contributed by atoms with Gasteiger partial charge in [-0.2, -0.15) is 13.5 Å². The zero-order valence-electron chi connectivity index (χ0n) is 12.8. The Hall–Kier alpha value is -1.77. The molecule has 24 heavy (non-hydrogen) atoms. The molecule has 0 unspecified atom stereocenters. The molecule has 0 heterocycles. The van der Waals surface area contributed by atoms with Crippen molar-refractivity contribution in [2.24, 2.45) is 10.2 Å². The molecule has 3 aromatic carbocycles. The van der Waals surface area contributed by atoms with E-state index in [9.17, 15) is 13.5 Å². The van der Waals surface area contributed by atoms with E-state index in [4.69, 9.17) is 4.55 Å². The Balaban J connectivity index is 0.00000208. The van der Waals surface area contributed by atoms with Crippen LogP contribution in [0.3, 0.4) is 0 Å². The molecule has 3 aromatic rings. The van der Waals surface area contributed by atoms with Crippen molar-refractivity contribution in [3.05, 3.63) is 60.7 Å². The number of benzene rings is 3. The van der Waals surface area contributed by atoms with Gasteiger partial charge in [-0.1, -0.05) is 30.3 Å². The van der Waals surface area contributed by atoms with Crippen LogP contribution in [0.1, 0.15) is 0 Å². The molecule has 116 valence electrons. The molecule has 8 heteroatoms. The first-order valence-corrected chi connectivity index (χ1v) is 8.09. The number of nitrogens with zero attached hydrogens (tertiary/aromatic N) is 2. The molecule has 0 aliphatic rings. The quantitative estimate of drug-likeness (QED) is 0.421. The predicted molar refractivity (Wildman–Crippen MR) is 86.0 cm³/mol. The van der Waals surface area contributed by atoms with Crippen molar-refractivity contribution in [2.75, 3.05) is 0 Å². The minimum Gasteiger partial charge on any atom is -0.506 e. The van der Waals surface area contributed by atoms with Crippen LogP contribution in [0.25, 0.3) is 10.8 Å². The first-order chi connectivity index (χ1) is 10.9. The molecular formula is C16H12N2NaO4S+. The number of azo groups is 1. The molecule has 2 N–H and O–H groups in total. The van der Waals surface area contributed by atoms with Crippen molar-refractivity contribution in [1.29, 1.82) is 0 Å². The number of fused-ring (bicyclic) bond motifs is 1. The molecule has 0 fully saturated rings. The Morgan fingerprint density at radius 1 is 0.875 bits per heavy atom. The number of hydrogen-bond acceptors (Lipinski definition) is 5. The third-order valence-electron chi connectivity index (χ3n) is 3.26. The van der Waals surface area contributed by atoms with Crippen LogP contribution in [-0.2, 0) is 10.1 Å². The second-order valence-corrected chi connectivity index (χ2v) is 6.25. The minimum atomic E-state index is -4.29. The molecule has 0 aliphatic heterocycles. The SMILES string of the molecule is O=S(=O)(O)c1ccc2c(N=Nc3ccccc3)c(O)ccc2c1.[Na+]. The molecule has 0 amide bonds. The molecular weight excluding hydrogens is 339 g/mol. The van der Waals surface area contributed by atoms with E-state index in [1.165, 1.54) is 24.3 Å². The Bertz CT molecular complexity index is 1010. The van der Waals surface area contributed by atoms with Gasteiger partial charge in [0.05, 0.1) is 10.6 Å². The van der Waals surface area contributed by atoms with Gasteiger partial charge in [-0.15, -0.1) is 5.11 Å². The van der Waals surface area contributed by atoms with Crippen molar-refractivity contribution in [3.63, 3.8) is 0 Å². The van der Waals surface area contributed by atoms with Crippen LogP contribution < -0.4 is 29.6 Å². The van der Waals surface area contributed by atoms with E-state index in [1.54, 1.807) is 18.2 Å². The average molecular weight is 351 g/mol. The predicted octanol–water partition coefficient (Wildman–Crippen LogP) is 1.21. The van der Waals surface area contributed by atoms with Crippen LogP contribution in [0.2, 0.25) is 0 Å². The molecule has 0 radical (unpaired) electrons. The van der Waals surface area contributed by atoms with Crippen molar-refractivity contribution >= 4 is 32.3 Å². The summed E-state index contributed by atoms with van der Waals surface area (Å²) in [5.74, 6) is -0.0724. The van der Waals surface area contributed by atoms with Crippen LogP contribution in [0.5, 0.6) is 5.75 Å². The maximum atomic E-state index is 11.2. The first kappa shape index (κ1) is 18.6. The largest absolute Gasteiger partial charge is 1.00 e. The second kappa shape index (κ2) is 7.42. The summed E-state index contributed by atoms with van der Waals surface area (Å²) in [6, 6.07) is 16.0. The van der Waals surface area contributed by atoms with Gasteiger partial charge in [0.2, 0.25) is 0 Å². The van der Waals surface area contributed by atoms with E-state index >= 15 is 0 Å². The number of aromatic hydroxyl groups is 1. The van der Waals surface area contributed by atoms with Crippen LogP contribution in [0.15, 0.2) is 75.8 Å². The topological polar surface area (TPSA) is 99.3 Å².